The van der Waals surface area contributed by atoms with Gasteiger partial charge in [-0.05, 0) is 60.9 Å². The van der Waals surface area contributed by atoms with E-state index in [4.69, 9.17) is 4.74 Å². The minimum absolute atomic E-state index is 0.0739. The molecule has 1 aliphatic rings. The maximum Gasteiger partial charge on any atom is 0.336 e. The van der Waals surface area contributed by atoms with Gasteiger partial charge in [0.1, 0.15) is 5.75 Å². The van der Waals surface area contributed by atoms with Crippen LogP contribution in [0.5, 0.6) is 5.75 Å². The maximum absolute atomic E-state index is 11.9. The number of hydrogen-bond acceptors (Lipinski definition) is 4. The van der Waals surface area contributed by atoms with Crippen molar-refractivity contribution in [1.29, 1.82) is 0 Å². The highest BCUT2D eigenvalue weighted by atomic mass is 16.5. The molecule has 138 valence electrons. The number of carbonyl (C=O) groups is 3. The van der Waals surface area contributed by atoms with Crippen molar-refractivity contribution in [2.75, 3.05) is 5.32 Å². The van der Waals surface area contributed by atoms with Crippen LogP contribution >= 0.6 is 0 Å². The Morgan fingerprint density at radius 1 is 1.00 bits per heavy atom. The van der Waals surface area contributed by atoms with E-state index in [-0.39, 0.29) is 11.8 Å². The zero-order valence-corrected chi connectivity index (χ0v) is 14.9. The minimum atomic E-state index is -0.516. The molecule has 6 heteroatoms. The third-order valence-corrected chi connectivity index (χ3v) is 3.89. The summed E-state index contributed by atoms with van der Waals surface area (Å²) in [6.07, 6.45) is 5.03. The SMILES string of the molecule is CC(=O)Nc1ccc(OC(=O)/C=C/c2ccc(C(=O)NC3CC3)cc2)cc1. The summed E-state index contributed by atoms with van der Waals surface area (Å²) in [5.74, 6) is -0.377. The summed E-state index contributed by atoms with van der Waals surface area (Å²) in [7, 11) is 0. The van der Waals surface area contributed by atoms with E-state index in [1.54, 1.807) is 54.6 Å². The lowest BCUT2D eigenvalue weighted by Gasteiger charge is -2.04. The molecule has 2 aromatic rings. The Hall–Kier alpha value is -3.41. The molecule has 2 amide bonds. The predicted octanol–water partition coefficient (Wildman–Crippen LogP) is 3.16. The smallest absolute Gasteiger partial charge is 0.336 e. The van der Waals surface area contributed by atoms with Gasteiger partial charge in [-0.2, -0.15) is 0 Å². The molecule has 0 spiro atoms. The van der Waals surface area contributed by atoms with Crippen LogP contribution in [0, 0.1) is 0 Å². The van der Waals surface area contributed by atoms with Gasteiger partial charge >= 0.3 is 5.97 Å². The average molecular weight is 364 g/mol. The maximum atomic E-state index is 11.9. The van der Waals surface area contributed by atoms with Crippen molar-refractivity contribution >= 4 is 29.5 Å². The molecule has 2 N–H and O–H groups in total. The Labute approximate surface area is 157 Å². The van der Waals surface area contributed by atoms with Crippen molar-refractivity contribution in [1.82, 2.24) is 5.32 Å². The van der Waals surface area contributed by atoms with E-state index < -0.39 is 5.97 Å². The first-order valence-electron chi connectivity index (χ1n) is 8.68. The molecule has 3 rings (SSSR count). The summed E-state index contributed by atoms with van der Waals surface area (Å²) in [6.45, 7) is 1.42. The standard InChI is InChI=1S/C21H20N2O4/c1-14(24)22-17-9-11-19(12-10-17)27-20(25)13-4-15-2-5-16(6-3-15)21(26)23-18-7-8-18/h2-6,9-13,18H,7-8H2,1H3,(H,22,24)(H,23,26)/b13-4+. The molecular formula is C21H20N2O4. The number of hydrogen-bond donors (Lipinski definition) is 2. The van der Waals surface area contributed by atoms with Gasteiger partial charge in [-0.15, -0.1) is 0 Å². The molecule has 2 aromatic carbocycles. The van der Waals surface area contributed by atoms with E-state index >= 15 is 0 Å². The van der Waals surface area contributed by atoms with Gasteiger partial charge in [0.2, 0.25) is 5.91 Å². The summed E-state index contributed by atoms with van der Waals surface area (Å²) in [5.41, 5.74) is 2.01. The van der Waals surface area contributed by atoms with Crippen molar-refractivity contribution in [2.24, 2.45) is 0 Å². The highest BCUT2D eigenvalue weighted by Gasteiger charge is 2.23. The molecule has 27 heavy (non-hydrogen) atoms. The number of amides is 2. The lowest BCUT2D eigenvalue weighted by molar-refractivity contribution is -0.128. The van der Waals surface area contributed by atoms with Crippen molar-refractivity contribution in [3.8, 4) is 5.75 Å². The Kier molecular flexibility index (Phi) is 5.66. The average Bonchev–Trinajstić information content (AvgIpc) is 3.45. The van der Waals surface area contributed by atoms with Crippen molar-refractivity contribution < 1.29 is 19.1 Å². The summed E-state index contributed by atoms with van der Waals surface area (Å²) in [4.78, 5) is 34.8. The topological polar surface area (TPSA) is 84.5 Å². The summed E-state index contributed by atoms with van der Waals surface area (Å²) in [6, 6.07) is 13.8. The first-order valence-corrected chi connectivity index (χ1v) is 8.68. The fraction of sp³-hybridized carbons (Fsp3) is 0.190. The molecule has 1 saturated carbocycles. The fourth-order valence-electron chi connectivity index (χ4n) is 2.37. The van der Waals surface area contributed by atoms with Crippen LogP contribution in [0.2, 0.25) is 0 Å². The van der Waals surface area contributed by atoms with Gasteiger partial charge in [0, 0.05) is 30.3 Å². The van der Waals surface area contributed by atoms with Crippen LogP contribution in [-0.4, -0.2) is 23.8 Å². The van der Waals surface area contributed by atoms with E-state index in [9.17, 15) is 14.4 Å². The monoisotopic (exact) mass is 364 g/mol. The molecule has 0 unspecified atom stereocenters. The molecule has 0 aliphatic heterocycles. The third kappa shape index (κ3) is 5.81. The van der Waals surface area contributed by atoms with Gasteiger partial charge < -0.3 is 15.4 Å². The number of nitrogens with one attached hydrogen (secondary N) is 2. The van der Waals surface area contributed by atoms with Crippen LogP contribution in [-0.2, 0) is 9.59 Å². The molecule has 0 saturated heterocycles. The first-order chi connectivity index (χ1) is 13.0. The van der Waals surface area contributed by atoms with Crippen LogP contribution < -0.4 is 15.4 Å². The first kappa shape index (κ1) is 18.4. The van der Waals surface area contributed by atoms with Crippen LogP contribution in [0.4, 0.5) is 5.69 Å². The molecule has 1 fully saturated rings. The highest BCUT2D eigenvalue weighted by molar-refractivity contribution is 5.95. The van der Waals surface area contributed by atoms with Gasteiger partial charge in [0.15, 0.2) is 0 Å². The van der Waals surface area contributed by atoms with E-state index in [1.807, 2.05) is 0 Å². The molecule has 0 heterocycles. The van der Waals surface area contributed by atoms with Crippen molar-refractivity contribution in [3.63, 3.8) is 0 Å². The second-order valence-corrected chi connectivity index (χ2v) is 6.33. The number of rotatable bonds is 6. The molecular weight excluding hydrogens is 344 g/mol. The summed E-state index contributed by atoms with van der Waals surface area (Å²) in [5, 5.41) is 5.56. The van der Waals surface area contributed by atoms with E-state index in [1.165, 1.54) is 13.0 Å². The zero-order chi connectivity index (χ0) is 19.2. The number of carbonyl (C=O) groups excluding carboxylic acids is 3. The second kappa shape index (κ2) is 8.31. The quantitative estimate of drug-likeness (QED) is 0.468. The Bertz CT molecular complexity index is 866. The van der Waals surface area contributed by atoms with Gasteiger partial charge in [-0.25, -0.2) is 4.79 Å². The molecule has 0 atom stereocenters. The number of anilines is 1. The number of benzene rings is 2. The molecule has 0 radical (unpaired) electrons. The lowest BCUT2D eigenvalue weighted by Crippen LogP contribution is -2.25. The Balaban J connectivity index is 1.53. The fourth-order valence-corrected chi connectivity index (χ4v) is 2.37. The van der Waals surface area contributed by atoms with Crippen LogP contribution in [0.25, 0.3) is 6.08 Å². The minimum Gasteiger partial charge on any atom is -0.423 e. The third-order valence-electron chi connectivity index (χ3n) is 3.89. The lowest BCUT2D eigenvalue weighted by atomic mass is 10.1. The molecule has 0 aromatic heterocycles. The zero-order valence-electron chi connectivity index (χ0n) is 14.9. The molecule has 6 nitrogen and oxygen atoms in total. The Morgan fingerprint density at radius 3 is 2.26 bits per heavy atom. The normalized spacial score (nSPS) is 13.2. The second-order valence-electron chi connectivity index (χ2n) is 6.33. The van der Waals surface area contributed by atoms with Gasteiger partial charge in [-0.1, -0.05) is 12.1 Å². The van der Waals surface area contributed by atoms with Crippen molar-refractivity contribution in [3.05, 3.63) is 65.7 Å². The van der Waals surface area contributed by atoms with Crippen LogP contribution in [0.1, 0.15) is 35.7 Å². The number of ether oxygens (including phenoxy) is 1. The van der Waals surface area contributed by atoms with Crippen molar-refractivity contribution in [2.45, 2.75) is 25.8 Å². The molecule has 0 bridgehead atoms. The number of esters is 1. The van der Waals surface area contributed by atoms with E-state index in [0.29, 0.717) is 23.0 Å². The van der Waals surface area contributed by atoms with Gasteiger partial charge in [-0.3, -0.25) is 9.59 Å². The van der Waals surface area contributed by atoms with Gasteiger partial charge in [0.25, 0.3) is 5.91 Å². The van der Waals surface area contributed by atoms with E-state index in [2.05, 4.69) is 10.6 Å². The molecule has 1 aliphatic carbocycles. The van der Waals surface area contributed by atoms with Crippen LogP contribution in [0.15, 0.2) is 54.6 Å². The Morgan fingerprint density at radius 2 is 1.67 bits per heavy atom. The summed E-state index contributed by atoms with van der Waals surface area (Å²) < 4.78 is 5.21. The largest absolute Gasteiger partial charge is 0.423 e. The van der Waals surface area contributed by atoms with Gasteiger partial charge in [0.05, 0.1) is 0 Å². The highest BCUT2D eigenvalue weighted by Crippen LogP contribution is 2.19. The van der Waals surface area contributed by atoms with E-state index in [0.717, 1.165) is 18.4 Å². The van der Waals surface area contributed by atoms with Crippen LogP contribution in [0.3, 0.4) is 0 Å². The summed E-state index contributed by atoms with van der Waals surface area (Å²) >= 11 is 0. The predicted molar refractivity (Wildman–Crippen MR) is 102 cm³/mol.